The van der Waals surface area contributed by atoms with Crippen molar-refractivity contribution in [1.82, 2.24) is 15.2 Å². The van der Waals surface area contributed by atoms with Gasteiger partial charge in [-0.1, -0.05) is 0 Å². The Morgan fingerprint density at radius 1 is 1.09 bits per heavy atom. The summed E-state index contributed by atoms with van der Waals surface area (Å²) in [5.41, 5.74) is 13.3. The van der Waals surface area contributed by atoms with E-state index in [0.29, 0.717) is 5.69 Å². The van der Waals surface area contributed by atoms with Gasteiger partial charge in [-0.15, -0.1) is 0 Å². The molecule has 0 spiro atoms. The second-order valence-corrected chi connectivity index (χ2v) is 3.04. The minimum absolute atomic E-state index is 0.122. The molecule has 0 radical (unpaired) electrons. The standard InChI is InChI=1S/C9H7F3N4.3CH5N/c10-9(11,12)6-1-2-13-8(3-6)16-7-4-14-15-5-7;3*1-2/h1-5H,(H,13,16)(H,14,15);3*2H2,1H3. The van der Waals surface area contributed by atoms with Crippen LogP contribution in [0.4, 0.5) is 24.7 Å². The summed E-state index contributed by atoms with van der Waals surface area (Å²) in [7, 11) is 4.50. The number of rotatable bonds is 2. The lowest BCUT2D eigenvalue weighted by molar-refractivity contribution is -0.137. The van der Waals surface area contributed by atoms with Crippen LogP contribution in [0.25, 0.3) is 0 Å². The Balaban J connectivity index is 0. The minimum Gasteiger partial charge on any atom is -0.338 e. The number of aromatic amines is 1. The van der Waals surface area contributed by atoms with E-state index < -0.39 is 11.7 Å². The molecule has 8 N–H and O–H groups in total. The van der Waals surface area contributed by atoms with Crippen LogP contribution < -0.4 is 22.5 Å². The van der Waals surface area contributed by atoms with Crippen molar-refractivity contribution in [3.8, 4) is 0 Å². The average molecular weight is 321 g/mol. The number of aromatic nitrogens is 3. The Hall–Kier alpha value is -2.17. The van der Waals surface area contributed by atoms with E-state index in [-0.39, 0.29) is 5.82 Å². The zero-order valence-corrected chi connectivity index (χ0v) is 12.6. The zero-order chi connectivity index (χ0) is 17.6. The maximum atomic E-state index is 12.4. The molecule has 0 unspecified atom stereocenters. The van der Waals surface area contributed by atoms with Crippen LogP contribution in [0, 0.1) is 0 Å². The third kappa shape index (κ3) is 8.19. The summed E-state index contributed by atoms with van der Waals surface area (Å²) in [6.45, 7) is 0. The Labute approximate surface area is 127 Å². The fourth-order valence-electron chi connectivity index (χ4n) is 1.14. The smallest absolute Gasteiger partial charge is 0.338 e. The molecule has 2 aromatic heterocycles. The molecule has 0 aliphatic carbocycles. The summed E-state index contributed by atoms with van der Waals surface area (Å²) in [6.07, 6.45) is -0.301. The first-order chi connectivity index (χ1) is 10.6. The van der Waals surface area contributed by atoms with E-state index in [9.17, 15) is 13.2 Å². The van der Waals surface area contributed by atoms with E-state index in [4.69, 9.17) is 0 Å². The molecular weight excluding hydrogens is 299 g/mol. The molecule has 0 bridgehead atoms. The Bertz CT molecular complexity index is 472. The highest BCUT2D eigenvalue weighted by Gasteiger charge is 2.30. The van der Waals surface area contributed by atoms with Crippen molar-refractivity contribution in [3.63, 3.8) is 0 Å². The molecule has 0 aliphatic heterocycles. The number of anilines is 2. The number of halogens is 3. The molecule has 0 amide bonds. The highest BCUT2D eigenvalue weighted by atomic mass is 19.4. The molecule has 0 atom stereocenters. The number of hydrogen-bond acceptors (Lipinski definition) is 6. The molecule has 0 aromatic carbocycles. The van der Waals surface area contributed by atoms with Gasteiger partial charge in [0.05, 0.1) is 17.4 Å². The van der Waals surface area contributed by atoms with E-state index in [1.54, 1.807) is 0 Å². The van der Waals surface area contributed by atoms with Crippen LogP contribution in [0.15, 0.2) is 30.7 Å². The van der Waals surface area contributed by atoms with E-state index in [2.05, 4.69) is 37.7 Å². The van der Waals surface area contributed by atoms with E-state index in [1.807, 2.05) is 0 Å². The summed E-state index contributed by atoms with van der Waals surface area (Å²) in [4.78, 5) is 3.78. The highest BCUT2D eigenvalue weighted by Crippen LogP contribution is 2.30. The van der Waals surface area contributed by atoms with Gasteiger partial charge in [0.1, 0.15) is 5.82 Å². The predicted octanol–water partition coefficient (Wildman–Crippen LogP) is 1.29. The van der Waals surface area contributed by atoms with Gasteiger partial charge in [-0.2, -0.15) is 18.3 Å². The van der Waals surface area contributed by atoms with Crippen molar-refractivity contribution in [2.24, 2.45) is 17.2 Å². The third-order valence-corrected chi connectivity index (χ3v) is 1.86. The fraction of sp³-hybridized carbons (Fsp3) is 0.333. The van der Waals surface area contributed by atoms with Crippen LogP contribution in [0.3, 0.4) is 0 Å². The van der Waals surface area contributed by atoms with E-state index >= 15 is 0 Å². The second-order valence-electron chi connectivity index (χ2n) is 3.04. The molecule has 0 aliphatic rings. The molecule has 126 valence electrons. The normalized spacial score (nSPS) is 9.14. The summed E-state index contributed by atoms with van der Waals surface area (Å²) in [5, 5.41) is 8.88. The van der Waals surface area contributed by atoms with Crippen LogP contribution >= 0.6 is 0 Å². The zero-order valence-electron chi connectivity index (χ0n) is 12.6. The maximum Gasteiger partial charge on any atom is 0.416 e. The van der Waals surface area contributed by atoms with Gasteiger partial charge in [-0.05, 0) is 33.3 Å². The first kappa shape index (κ1) is 22.1. The number of nitrogens with one attached hydrogen (secondary N) is 2. The number of hydrogen-bond donors (Lipinski definition) is 5. The summed E-state index contributed by atoms with van der Waals surface area (Å²) >= 11 is 0. The van der Waals surface area contributed by atoms with Crippen LogP contribution in [0.2, 0.25) is 0 Å². The lowest BCUT2D eigenvalue weighted by Gasteiger charge is -2.08. The fourth-order valence-corrected chi connectivity index (χ4v) is 1.14. The summed E-state index contributed by atoms with van der Waals surface area (Å²) in [5.74, 6) is 0.122. The molecule has 22 heavy (non-hydrogen) atoms. The predicted molar refractivity (Wildman–Crippen MR) is 81.4 cm³/mol. The van der Waals surface area contributed by atoms with Crippen molar-refractivity contribution in [1.29, 1.82) is 0 Å². The number of nitrogens with two attached hydrogens (primary N) is 3. The molecule has 2 heterocycles. The average Bonchev–Trinajstić information content (AvgIpc) is 3.06. The molecule has 10 heteroatoms. The third-order valence-electron chi connectivity index (χ3n) is 1.86. The van der Waals surface area contributed by atoms with Gasteiger partial charge in [0.15, 0.2) is 0 Å². The van der Waals surface area contributed by atoms with E-state index in [1.165, 1.54) is 33.5 Å². The SMILES string of the molecule is CN.CN.CN.FC(F)(F)c1ccnc(Nc2cn[nH]c2)c1. The first-order valence-electron chi connectivity index (χ1n) is 6.08. The van der Waals surface area contributed by atoms with Crippen molar-refractivity contribution in [2.75, 3.05) is 26.5 Å². The van der Waals surface area contributed by atoms with Gasteiger partial charge in [0.25, 0.3) is 0 Å². The number of pyridine rings is 1. The molecule has 7 nitrogen and oxygen atoms in total. The van der Waals surface area contributed by atoms with Crippen molar-refractivity contribution in [2.45, 2.75) is 6.18 Å². The Morgan fingerprint density at radius 3 is 2.14 bits per heavy atom. The van der Waals surface area contributed by atoms with Gasteiger partial charge >= 0.3 is 6.18 Å². The number of alkyl halides is 3. The first-order valence-corrected chi connectivity index (χ1v) is 6.08. The quantitative estimate of drug-likeness (QED) is 0.566. The Morgan fingerprint density at radius 2 is 1.68 bits per heavy atom. The topological polar surface area (TPSA) is 132 Å². The van der Waals surface area contributed by atoms with E-state index in [0.717, 1.165) is 18.3 Å². The molecule has 0 fully saturated rings. The minimum atomic E-state index is -4.37. The molecule has 2 rings (SSSR count). The molecule has 0 saturated heterocycles. The second kappa shape index (κ2) is 12.6. The number of H-pyrrole nitrogens is 1. The van der Waals surface area contributed by atoms with Crippen LogP contribution in [0.1, 0.15) is 5.56 Å². The van der Waals surface area contributed by atoms with Crippen LogP contribution in [-0.4, -0.2) is 36.3 Å². The van der Waals surface area contributed by atoms with Gasteiger partial charge in [0.2, 0.25) is 0 Å². The van der Waals surface area contributed by atoms with Gasteiger partial charge < -0.3 is 22.5 Å². The lowest BCUT2D eigenvalue weighted by Crippen LogP contribution is -2.06. The van der Waals surface area contributed by atoms with Crippen molar-refractivity contribution >= 4 is 11.5 Å². The van der Waals surface area contributed by atoms with Gasteiger partial charge in [0, 0.05) is 12.4 Å². The summed E-state index contributed by atoms with van der Waals surface area (Å²) in [6, 6.07) is 1.85. The summed E-state index contributed by atoms with van der Waals surface area (Å²) < 4.78 is 37.1. The van der Waals surface area contributed by atoms with Gasteiger partial charge in [-0.3, -0.25) is 5.10 Å². The van der Waals surface area contributed by atoms with Crippen molar-refractivity contribution in [3.05, 3.63) is 36.3 Å². The Kier molecular flexibility index (Phi) is 12.6. The molecule has 2 aromatic rings. The molecular formula is C12H22F3N7. The maximum absolute atomic E-state index is 12.4. The van der Waals surface area contributed by atoms with Crippen LogP contribution in [0.5, 0.6) is 0 Å². The molecule has 0 saturated carbocycles. The number of nitrogens with zero attached hydrogens (tertiary/aromatic N) is 2. The lowest BCUT2D eigenvalue weighted by atomic mass is 10.2. The van der Waals surface area contributed by atoms with Gasteiger partial charge in [-0.25, -0.2) is 4.98 Å². The monoisotopic (exact) mass is 321 g/mol. The van der Waals surface area contributed by atoms with Crippen LogP contribution in [-0.2, 0) is 6.18 Å². The largest absolute Gasteiger partial charge is 0.416 e. The highest BCUT2D eigenvalue weighted by molar-refractivity contribution is 5.54. The van der Waals surface area contributed by atoms with Crippen molar-refractivity contribution < 1.29 is 13.2 Å².